The van der Waals surface area contributed by atoms with Gasteiger partial charge in [0.15, 0.2) is 0 Å². The van der Waals surface area contributed by atoms with Crippen LogP contribution in [0.15, 0.2) is 10.5 Å². The number of nitrogens with zero attached hydrogens (tertiary/aromatic N) is 4. The molecule has 2 aromatic heterocycles. The molecule has 2 aliphatic heterocycles. The Morgan fingerprint density at radius 1 is 1.40 bits per heavy atom. The van der Waals surface area contributed by atoms with Gasteiger partial charge in [0, 0.05) is 36.8 Å². The molecule has 4 rings (SSSR count). The van der Waals surface area contributed by atoms with Gasteiger partial charge in [-0.15, -0.1) is 5.10 Å². The Labute approximate surface area is 146 Å². The lowest BCUT2D eigenvalue weighted by atomic mass is 9.81. The van der Waals surface area contributed by atoms with Crippen molar-refractivity contribution in [2.75, 3.05) is 39.1 Å². The standard InChI is InChI=1S/C17H23N5O3/c1-10-4-11(2)19-14(23-3)13(10)6-22-5-12-7-24-9-17(12,8-22)15-20-21-16(18)25-15/h4,12H,5-9H2,1-3H3,(H2,18,21)/t12-,17-/m0/s1. The number of likely N-dealkylation sites (tertiary alicyclic amines) is 1. The molecule has 0 aromatic carbocycles. The Morgan fingerprint density at radius 2 is 2.24 bits per heavy atom. The highest BCUT2D eigenvalue weighted by molar-refractivity contribution is 5.36. The van der Waals surface area contributed by atoms with E-state index < -0.39 is 0 Å². The van der Waals surface area contributed by atoms with Crippen LogP contribution in [0, 0.1) is 19.8 Å². The summed E-state index contributed by atoms with van der Waals surface area (Å²) in [7, 11) is 1.67. The summed E-state index contributed by atoms with van der Waals surface area (Å²) in [5, 5.41) is 7.98. The number of fused-ring (bicyclic) bond motifs is 1. The maximum Gasteiger partial charge on any atom is 0.312 e. The number of aromatic nitrogens is 3. The minimum atomic E-state index is -0.274. The molecule has 2 aromatic rings. The van der Waals surface area contributed by atoms with E-state index in [4.69, 9.17) is 19.6 Å². The summed E-state index contributed by atoms with van der Waals surface area (Å²) in [6.07, 6.45) is 0. The fraction of sp³-hybridized carbons (Fsp3) is 0.588. The average Bonchev–Trinajstić information content (AvgIpc) is 3.23. The second-order valence-electron chi connectivity index (χ2n) is 7.05. The third kappa shape index (κ3) is 2.65. The van der Waals surface area contributed by atoms with Gasteiger partial charge in [-0.3, -0.25) is 4.90 Å². The van der Waals surface area contributed by atoms with E-state index in [0.717, 1.165) is 30.9 Å². The lowest BCUT2D eigenvalue weighted by Gasteiger charge is -2.23. The maximum absolute atomic E-state index is 5.73. The van der Waals surface area contributed by atoms with Crippen molar-refractivity contribution in [1.82, 2.24) is 20.1 Å². The highest BCUT2D eigenvalue weighted by atomic mass is 16.5. The molecule has 0 saturated carbocycles. The molecule has 0 radical (unpaired) electrons. The van der Waals surface area contributed by atoms with Crippen LogP contribution in [0.1, 0.15) is 22.7 Å². The van der Waals surface area contributed by atoms with Gasteiger partial charge in [0.25, 0.3) is 0 Å². The van der Waals surface area contributed by atoms with Crippen LogP contribution in [0.2, 0.25) is 0 Å². The quantitative estimate of drug-likeness (QED) is 0.878. The lowest BCUT2D eigenvalue weighted by Crippen LogP contribution is -2.36. The first kappa shape index (κ1) is 16.3. The summed E-state index contributed by atoms with van der Waals surface area (Å²) in [5.41, 5.74) is 8.63. The predicted octanol–water partition coefficient (Wildman–Crippen LogP) is 1.07. The SMILES string of the molecule is COc1nc(C)cc(C)c1CN1C[C@H]2COC[C@@]2(c2nnc(N)o2)C1. The molecule has 0 amide bonds. The number of pyridine rings is 1. The Kier molecular flexibility index (Phi) is 3.88. The molecule has 2 N–H and O–H groups in total. The molecule has 2 aliphatic rings. The van der Waals surface area contributed by atoms with Crippen molar-refractivity contribution < 1.29 is 13.9 Å². The van der Waals surface area contributed by atoms with Crippen LogP contribution in [0.4, 0.5) is 6.01 Å². The molecule has 8 nitrogen and oxygen atoms in total. The third-order valence-electron chi connectivity index (χ3n) is 5.32. The molecule has 8 heteroatoms. The van der Waals surface area contributed by atoms with Crippen molar-refractivity contribution in [3.8, 4) is 5.88 Å². The van der Waals surface area contributed by atoms with Crippen LogP contribution >= 0.6 is 0 Å². The Morgan fingerprint density at radius 3 is 2.96 bits per heavy atom. The van der Waals surface area contributed by atoms with Crippen molar-refractivity contribution in [2.45, 2.75) is 25.8 Å². The van der Waals surface area contributed by atoms with E-state index in [-0.39, 0.29) is 11.4 Å². The van der Waals surface area contributed by atoms with Gasteiger partial charge < -0.3 is 19.6 Å². The predicted molar refractivity (Wildman–Crippen MR) is 90.2 cm³/mol. The van der Waals surface area contributed by atoms with Gasteiger partial charge in [-0.05, 0) is 25.5 Å². The average molecular weight is 345 g/mol. The zero-order valence-corrected chi connectivity index (χ0v) is 14.8. The molecule has 0 unspecified atom stereocenters. The van der Waals surface area contributed by atoms with Crippen molar-refractivity contribution in [2.24, 2.45) is 5.92 Å². The molecule has 2 fully saturated rings. The summed E-state index contributed by atoms with van der Waals surface area (Å²) in [6, 6.07) is 2.19. The first-order valence-corrected chi connectivity index (χ1v) is 8.42. The zero-order valence-electron chi connectivity index (χ0n) is 14.8. The smallest absolute Gasteiger partial charge is 0.312 e. The number of anilines is 1. The number of hydrogen-bond acceptors (Lipinski definition) is 8. The highest BCUT2D eigenvalue weighted by Crippen LogP contribution is 2.44. The second-order valence-corrected chi connectivity index (χ2v) is 7.05. The number of ether oxygens (including phenoxy) is 2. The molecule has 2 atom stereocenters. The Balaban J connectivity index is 1.61. The summed E-state index contributed by atoms with van der Waals surface area (Å²) in [5.74, 6) is 1.60. The molecule has 134 valence electrons. The van der Waals surface area contributed by atoms with Crippen molar-refractivity contribution in [1.29, 1.82) is 0 Å². The Bertz CT molecular complexity index is 793. The van der Waals surface area contributed by atoms with Gasteiger partial charge in [0.2, 0.25) is 11.8 Å². The van der Waals surface area contributed by atoms with Crippen molar-refractivity contribution >= 4 is 6.01 Å². The lowest BCUT2D eigenvalue weighted by molar-refractivity contribution is 0.140. The van der Waals surface area contributed by atoms with Gasteiger partial charge in [0.05, 0.1) is 25.7 Å². The molecule has 2 saturated heterocycles. The molecular formula is C17H23N5O3. The molecule has 4 heterocycles. The van der Waals surface area contributed by atoms with Gasteiger partial charge >= 0.3 is 6.01 Å². The number of methoxy groups -OCH3 is 1. The van der Waals surface area contributed by atoms with Gasteiger partial charge in [0.1, 0.15) is 0 Å². The second kappa shape index (κ2) is 5.96. The zero-order chi connectivity index (χ0) is 17.6. The summed E-state index contributed by atoms with van der Waals surface area (Å²) in [4.78, 5) is 6.90. The topological polar surface area (TPSA) is 99.5 Å². The fourth-order valence-corrected chi connectivity index (χ4v) is 4.11. The van der Waals surface area contributed by atoms with Crippen LogP contribution < -0.4 is 10.5 Å². The van der Waals surface area contributed by atoms with Gasteiger partial charge in [-0.2, -0.15) is 0 Å². The Hall–Kier alpha value is -2.19. The van der Waals surface area contributed by atoms with Crippen molar-refractivity contribution in [3.63, 3.8) is 0 Å². The molecular weight excluding hydrogens is 322 g/mol. The molecule has 0 spiro atoms. The maximum atomic E-state index is 5.73. The van der Waals surface area contributed by atoms with Crippen LogP contribution in [-0.4, -0.2) is 53.5 Å². The monoisotopic (exact) mass is 345 g/mol. The van der Waals surface area contributed by atoms with E-state index in [1.54, 1.807) is 7.11 Å². The fourth-order valence-electron chi connectivity index (χ4n) is 4.11. The van der Waals surface area contributed by atoms with E-state index in [1.807, 2.05) is 6.92 Å². The molecule has 0 bridgehead atoms. The minimum absolute atomic E-state index is 0.105. The largest absolute Gasteiger partial charge is 0.481 e. The summed E-state index contributed by atoms with van der Waals surface area (Å²) in [6.45, 7) is 7.81. The number of hydrogen-bond donors (Lipinski definition) is 1. The third-order valence-corrected chi connectivity index (χ3v) is 5.32. The van der Waals surface area contributed by atoms with E-state index >= 15 is 0 Å². The van der Waals surface area contributed by atoms with Crippen LogP contribution in [0.3, 0.4) is 0 Å². The first-order chi connectivity index (χ1) is 12.0. The van der Waals surface area contributed by atoms with E-state index in [0.29, 0.717) is 30.9 Å². The molecule has 25 heavy (non-hydrogen) atoms. The van der Waals surface area contributed by atoms with Crippen LogP contribution in [-0.2, 0) is 16.7 Å². The normalized spacial score (nSPS) is 26.1. The van der Waals surface area contributed by atoms with Gasteiger partial charge in [-0.1, -0.05) is 5.10 Å². The summed E-state index contributed by atoms with van der Waals surface area (Å²) >= 11 is 0. The van der Waals surface area contributed by atoms with Gasteiger partial charge in [-0.25, -0.2) is 4.98 Å². The van der Waals surface area contributed by atoms with Crippen molar-refractivity contribution in [3.05, 3.63) is 28.8 Å². The summed E-state index contributed by atoms with van der Waals surface area (Å²) < 4.78 is 16.8. The number of nitrogen functional groups attached to an aromatic ring is 1. The minimum Gasteiger partial charge on any atom is -0.481 e. The highest BCUT2D eigenvalue weighted by Gasteiger charge is 2.55. The molecule has 0 aliphatic carbocycles. The van der Waals surface area contributed by atoms with E-state index in [9.17, 15) is 0 Å². The van der Waals surface area contributed by atoms with E-state index in [1.165, 1.54) is 5.56 Å². The first-order valence-electron chi connectivity index (χ1n) is 8.42. The van der Waals surface area contributed by atoms with Crippen LogP contribution in [0.25, 0.3) is 0 Å². The van der Waals surface area contributed by atoms with Crippen LogP contribution in [0.5, 0.6) is 5.88 Å². The number of aryl methyl sites for hydroxylation is 2. The van der Waals surface area contributed by atoms with E-state index in [2.05, 4.69) is 33.1 Å². The number of rotatable bonds is 4. The number of nitrogens with two attached hydrogens (primary N) is 1.